The molecule has 232 valence electrons. The van der Waals surface area contributed by atoms with Gasteiger partial charge in [-0.1, -0.05) is 142 Å². The minimum absolute atomic E-state index is 0.474. The molecule has 2 saturated heterocycles. The topological polar surface area (TPSA) is 27.7 Å². The van der Waals surface area contributed by atoms with Crippen LogP contribution in [0.15, 0.2) is 0 Å². The second-order valence-electron chi connectivity index (χ2n) is 13.0. The fraction of sp³-hybridized carbons (Fsp3) is 1.00. The number of hydrogen-bond donors (Lipinski definition) is 0. The highest BCUT2D eigenvalue weighted by molar-refractivity contribution is 4.71. The summed E-state index contributed by atoms with van der Waals surface area (Å²) in [5.41, 5.74) is 0. The van der Waals surface area contributed by atoms with E-state index in [-0.39, 0.29) is 0 Å². The number of hydrogen-bond acceptors (Lipinski definition) is 3. The Kier molecular flexibility index (Phi) is 23.0. The Balaban J connectivity index is 1.71. The highest BCUT2D eigenvalue weighted by Crippen LogP contribution is 2.25. The summed E-state index contributed by atoms with van der Waals surface area (Å²) in [5.74, 6) is 0. The largest absolute Gasteiger partial charge is 0.378 e. The molecule has 0 saturated carbocycles. The third-order valence-corrected chi connectivity index (χ3v) is 9.34. The summed E-state index contributed by atoms with van der Waals surface area (Å²) < 4.78 is 18.3. The van der Waals surface area contributed by atoms with Crippen LogP contribution in [-0.4, -0.2) is 37.6 Å². The lowest BCUT2D eigenvalue weighted by Gasteiger charge is -2.28. The van der Waals surface area contributed by atoms with E-state index in [0.29, 0.717) is 24.4 Å². The number of rotatable bonds is 30. The van der Waals surface area contributed by atoms with Crippen molar-refractivity contribution < 1.29 is 14.2 Å². The van der Waals surface area contributed by atoms with Crippen LogP contribution >= 0.6 is 0 Å². The van der Waals surface area contributed by atoms with Crippen molar-refractivity contribution in [1.82, 2.24) is 0 Å². The Bertz CT molecular complexity index is 458. The predicted octanol–water partition coefficient (Wildman–Crippen LogP) is 11.5. The smallest absolute Gasteiger partial charge is 0.0597 e. The first kappa shape index (κ1) is 35.1. The van der Waals surface area contributed by atoms with Gasteiger partial charge in [0.1, 0.15) is 0 Å². The first-order valence-corrected chi connectivity index (χ1v) is 18.2. The number of ether oxygens (including phenoxy) is 3. The van der Waals surface area contributed by atoms with Crippen molar-refractivity contribution >= 4 is 0 Å². The van der Waals surface area contributed by atoms with Crippen molar-refractivity contribution in [3.63, 3.8) is 0 Å². The molecule has 0 N–H and O–H groups in total. The molecule has 4 unspecified atom stereocenters. The van der Waals surface area contributed by atoms with Crippen LogP contribution in [0.2, 0.25) is 0 Å². The molecule has 0 aliphatic carbocycles. The zero-order valence-electron chi connectivity index (χ0n) is 26.7. The molecular weight excluding hydrogens is 480 g/mol. The van der Waals surface area contributed by atoms with Gasteiger partial charge < -0.3 is 14.2 Å². The van der Waals surface area contributed by atoms with E-state index in [1.165, 1.54) is 180 Å². The van der Waals surface area contributed by atoms with E-state index in [1.807, 2.05) is 0 Å². The molecule has 0 aromatic carbocycles. The van der Waals surface area contributed by atoms with Crippen molar-refractivity contribution in [1.29, 1.82) is 0 Å². The van der Waals surface area contributed by atoms with Crippen LogP contribution in [0.1, 0.15) is 194 Å². The molecule has 2 aliphatic heterocycles. The lowest BCUT2D eigenvalue weighted by atomic mass is 9.98. The molecule has 0 aromatic heterocycles. The lowest BCUT2D eigenvalue weighted by Crippen LogP contribution is -2.27. The van der Waals surface area contributed by atoms with Gasteiger partial charge in [0.25, 0.3) is 0 Å². The number of unbranched alkanes of at least 4 members (excludes halogenated alkanes) is 16. The van der Waals surface area contributed by atoms with E-state index in [4.69, 9.17) is 14.2 Å². The molecule has 0 bridgehead atoms. The predicted molar refractivity (Wildman–Crippen MR) is 169 cm³/mol. The van der Waals surface area contributed by atoms with Gasteiger partial charge in [0, 0.05) is 13.2 Å². The standard InChI is InChI=1S/C36H70O3/c1-3-5-7-9-11-13-15-17-25-35(27-21-19-23-33-29-31-37-33)39-36(28-22-20-24-34-30-32-38-34)26-18-16-14-12-10-8-6-4-2/h33-36H,3-32H2,1-2H3. The summed E-state index contributed by atoms with van der Waals surface area (Å²) in [6.07, 6.45) is 39.9. The van der Waals surface area contributed by atoms with Gasteiger partial charge in [-0.25, -0.2) is 0 Å². The van der Waals surface area contributed by atoms with E-state index in [2.05, 4.69) is 13.8 Å². The van der Waals surface area contributed by atoms with Crippen LogP contribution in [0.25, 0.3) is 0 Å². The third kappa shape index (κ3) is 19.6. The van der Waals surface area contributed by atoms with Crippen molar-refractivity contribution in [3.8, 4) is 0 Å². The van der Waals surface area contributed by atoms with E-state index < -0.39 is 0 Å². The van der Waals surface area contributed by atoms with Crippen molar-refractivity contribution in [2.75, 3.05) is 13.2 Å². The van der Waals surface area contributed by atoms with Gasteiger partial charge in [-0.05, 0) is 51.4 Å². The molecular formula is C36H70O3. The van der Waals surface area contributed by atoms with Crippen LogP contribution in [0.5, 0.6) is 0 Å². The van der Waals surface area contributed by atoms with Gasteiger partial charge in [-0.2, -0.15) is 0 Å². The molecule has 0 spiro atoms. The molecule has 2 heterocycles. The van der Waals surface area contributed by atoms with Gasteiger partial charge in [-0.15, -0.1) is 0 Å². The minimum atomic E-state index is 0.474. The lowest BCUT2D eigenvalue weighted by molar-refractivity contribution is -0.0592. The summed E-state index contributed by atoms with van der Waals surface area (Å²) in [6, 6.07) is 0. The normalized spacial score (nSPS) is 20.5. The van der Waals surface area contributed by atoms with Crippen LogP contribution in [0.4, 0.5) is 0 Å². The molecule has 2 rings (SSSR count). The van der Waals surface area contributed by atoms with Gasteiger partial charge >= 0.3 is 0 Å². The molecule has 2 aliphatic rings. The Labute approximate surface area is 245 Å². The molecule has 2 fully saturated rings. The molecule has 0 amide bonds. The highest BCUT2D eigenvalue weighted by Gasteiger charge is 2.21. The zero-order chi connectivity index (χ0) is 27.6. The van der Waals surface area contributed by atoms with Crippen LogP contribution < -0.4 is 0 Å². The quantitative estimate of drug-likeness (QED) is 0.0832. The van der Waals surface area contributed by atoms with Crippen molar-refractivity contribution in [3.05, 3.63) is 0 Å². The third-order valence-electron chi connectivity index (χ3n) is 9.34. The van der Waals surface area contributed by atoms with Crippen molar-refractivity contribution in [2.24, 2.45) is 0 Å². The zero-order valence-corrected chi connectivity index (χ0v) is 26.7. The van der Waals surface area contributed by atoms with Crippen LogP contribution in [0.3, 0.4) is 0 Å². The van der Waals surface area contributed by atoms with Gasteiger partial charge in [0.15, 0.2) is 0 Å². The Hall–Kier alpha value is -0.120. The monoisotopic (exact) mass is 551 g/mol. The second kappa shape index (κ2) is 25.6. The van der Waals surface area contributed by atoms with Gasteiger partial charge in [-0.3, -0.25) is 0 Å². The first-order chi connectivity index (χ1) is 19.3. The summed E-state index contributed by atoms with van der Waals surface area (Å²) in [5, 5.41) is 0. The van der Waals surface area contributed by atoms with E-state index in [9.17, 15) is 0 Å². The average molecular weight is 551 g/mol. The first-order valence-electron chi connectivity index (χ1n) is 18.2. The van der Waals surface area contributed by atoms with Crippen molar-refractivity contribution in [2.45, 2.75) is 218 Å². The van der Waals surface area contributed by atoms with Crippen LogP contribution in [0, 0.1) is 0 Å². The Morgan fingerprint density at radius 3 is 1.08 bits per heavy atom. The van der Waals surface area contributed by atoms with Gasteiger partial charge in [0.05, 0.1) is 24.4 Å². The fourth-order valence-corrected chi connectivity index (χ4v) is 6.36. The fourth-order valence-electron chi connectivity index (χ4n) is 6.36. The molecule has 39 heavy (non-hydrogen) atoms. The van der Waals surface area contributed by atoms with E-state index >= 15 is 0 Å². The summed E-state index contributed by atoms with van der Waals surface area (Å²) in [4.78, 5) is 0. The average Bonchev–Trinajstić information content (AvgIpc) is 2.88. The maximum Gasteiger partial charge on any atom is 0.0597 e. The molecule has 0 radical (unpaired) electrons. The van der Waals surface area contributed by atoms with Gasteiger partial charge in [0.2, 0.25) is 0 Å². The Morgan fingerprint density at radius 2 is 0.769 bits per heavy atom. The molecule has 0 aromatic rings. The molecule has 3 nitrogen and oxygen atoms in total. The summed E-state index contributed by atoms with van der Waals surface area (Å²) in [6.45, 7) is 6.60. The summed E-state index contributed by atoms with van der Waals surface area (Å²) >= 11 is 0. The second-order valence-corrected chi connectivity index (χ2v) is 13.0. The molecule has 3 heteroatoms. The SMILES string of the molecule is CCCCCCCCCCC(CCCCC1CCO1)OC(CCCCCCCCCC)CCCCC1CCO1. The van der Waals surface area contributed by atoms with E-state index in [1.54, 1.807) is 0 Å². The maximum atomic E-state index is 7.00. The highest BCUT2D eigenvalue weighted by atomic mass is 16.5. The summed E-state index contributed by atoms with van der Waals surface area (Å²) in [7, 11) is 0. The minimum Gasteiger partial charge on any atom is -0.378 e. The van der Waals surface area contributed by atoms with Crippen LogP contribution in [-0.2, 0) is 14.2 Å². The molecule has 4 atom stereocenters. The van der Waals surface area contributed by atoms with E-state index in [0.717, 1.165) is 13.2 Å². The Morgan fingerprint density at radius 1 is 0.462 bits per heavy atom. The maximum absolute atomic E-state index is 7.00.